The van der Waals surface area contributed by atoms with Gasteiger partial charge in [0, 0.05) is 18.6 Å². The highest BCUT2D eigenvalue weighted by Gasteiger charge is 2.30. The van der Waals surface area contributed by atoms with Crippen molar-refractivity contribution >= 4 is 0 Å². The lowest BCUT2D eigenvalue weighted by Crippen LogP contribution is -2.43. The number of benzene rings is 1. The van der Waals surface area contributed by atoms with Gasteiger partial charge in [-0.2, -0.15) is 0 Å². The molecule has 0 spiro atoms. The highest BCUT2D eigenvalue weighted by Crippen LogP contribution is 2.34. The van der Waals surface area contributed by atoms with Crippen molar-refractivity contribution in [3.05, 3.63) is 34.9 Å². The molecule has 1 aliphatic carbocycles. The van der Waals surface area contributed by atoms with E-state index in [2.05, 4.69) is 50.9 Å². The first-order valence-electron chi connectivity index (χ1n) is 8.04. The molecule has 0 aromatic heterocycles. The van der Waals surface area contributed by atoms with E-state index in [1.165, 1.54) is 42.4 Å². The Morgan fingerprint density at radius 3 is 2.35 bits per heavy atom. The van der Waals surface area contributed by atoms with Crippen molar-refractivity contribution < 1.29 is 0 Å². The second kappa shape index (κ2) is 6.73. The highest BCUT2D eigenvalue weighted by molar-refractivity contribution is 5.36. The predicted octanol–water partition coefficient (Wildman–Crippen LogP) is 3.81. The Labute approximate surface area is 124 Å². The van der Waals surface area contributed by atoms with Gasteiger partial charge in [0.15, 0.2) is 0 Å². The highest BCUT2D eigenvalue weighted by atomic mass is 15.2. The maximum absolute atomic E-state index is 6.15. The van der Waals surface area contributed by atoms with E-state index in [1.54, 1.807) is 0 Å². The molecular formula is C18H30N2. The van der Waals surface area contributed by atoms with E-state index < -0.39 is 0 Å². The van der Waals surface area contributed by atoms with Gasteiger partial charge in [0.25, 0.3) is 0 Å². The molecule has 1 saturated carbocycles. The molecule has 1 aromatic rings. The Morgan fingerprint density at radius 1 is 1.20 bits per heavy atom. The summed E-state index contributed by atoms with van der Waals surface area (Å²) in [6.45, 7) is 7.52. The van der Waals surface area contributed by atoms with Gasteiger partial charge in [0.05, 0.1) is 0 Å². The van der Waals surface area contributed by atoms with Crippen LogP contribution in [0.15, 0.2) is 18.2 Å². The maximum Gasteiger partial charge on any atom is 0.0475 e. The molecule has 0 bridgehead atoms. The second-order valence-electron chi connectivity index (χ2n) is 6.55. The fourth-order valence-corrected chi connectivity index (χ4v) is 3.97. The standard InChI is InChI=1S/C18H30N2/c1-13-8-5-6-11-16(13)20(4)17(12-19)18-14(2)9-7-10-15(18)3/h7,9-10,13,16-17H,5-6,8,11-12,19H2,1-4H3. The second-order valence-corrected chi connectivity index (χ2v) is 6.55. The van der Waals surface area contributed by atoms with Crippen LogP contribution in [0.1, 0.15) is 55.3 Å². The van der Waals surface area contributed by atoms with Crippen LogP contribution in [0.3, 0.4) is 0 Å². The predicted molar refractivity (Wildman–Crippen MR) is 86.9 cm³/mol. The van der Waals surface area contributed by atoms with Gasteiger partial charge in [0.2, 0.25) is 0 Å². The van der Waals surface area contributed by atoms with Gasteiger partial charge in [-0.1, -0.05) is 38.0 Å². The third kappa shape index (κ3) is 3.07. The van der Waals surface area contributed by atoms with Crippen LogP contribution >= 0.6 is 0 Å². The van der Waals surface area contributed by atoms with Crippen LogP contribution in [0.25, 0.3) is 0 Å². The first kappa shape index (κ1) is 15.5. The first-order valence-corrected chi connectivity index (χ1v) is 8.04. The molecule has 1 fully saturated rings. The summed E-state index contributed by atoms with van der Waals surface area (Å²) in [5.41, 5.74) is 10.3. The lowest BCUT2D eigenvalue weighted by atomic mass is 9.83. The van der Waals surface area contributed by atoms with Gasteiger partial charge in [-0.3, -0.25) is 4.90 Å². The molecule has 2 nitrogen and oxygen atoms in total. The Kier molecular flexibility index (Phi) is 5.22. The van der Waals surface area contributed by atoms with Gasteiger partial charge in [-0.15, -0.1) is 0 Å². The molecular weight excluding hydrogens is 244 g/mol. The Bertz CT molecular complexity index is 421. The minimum Gasteiger partial charge on any atom is -0.329 e. The lowest BCUT2D eigenvalue weighted by Gasteiger charge is -2.41. The fourth-order valence-electron chi connectivity index (χ4n) is 3.97. The van der Waals surface area contributed by atoms with Crippen LogP contribution in [0.2, 0.25) is 0 Å². The van der Waals surface area contributed by atoms with Crippen LogP contribution in [0.5, 0.6) is 0 Å². The molecule has 3 atom stereocenters. The number of likely N-dealkylation sites (N-methyl/N-ethyl adjacent to an activating group) is 1. The molecule has 3 unspecified atom stereocenters. The molecule has 2 N–H and O–H groups in total. The summed E-state index contributed by atoms with van der Waals surface area (Å²) >= 11 is 0. The molecule has 1 aromatic carbocycles. The summed E-state index contributed by atoms with van der Waals surface area (Å²) in [7, 11) is 2.27. The number of nitrogens with two attached hydrogens (primary N) is 1. The fraction of sp³-hybridized carbons (Fsp3) is 0.667. The third-order valence-electron chi connectivity index (χ3n) is 5.18. The summed E-state index contributed by atoms with van der Waals surface area (Å²) in [5, 5.41) is 0. The van der Waals surface area contributed by atoms with E-state index in [4.69, 9.17) is 5.73 Å². The number of hydrogen-bond acceptors (Lipinski definition) is 2. The normalized spacial score (nSPS) is 24.9. The van der Waals surface area contributed by atoms with Crippen molar-refractivity contribution in [3.8, 4) is 0 Å². The van der Waals surface area contributed by atoms with Gasteiger partial charge >= 0.3 is 0 Å². The first-order chi connectivity index (χ1) is 9.56. The van der Waals surface area contributed by atoms with E-state index >= 15 is 0 Å². The SMILES string of the molecule is Cc1cccc(C)c1C(CN)N(C)C1CCCCC1C. The molecule has 112 valence electrons. The molecule has 0 radical (unpaired) electrons. The van der Waals surface area contributed by atoms with Crippen molar-refractivity contribution in [3.63, 3.8) is 0 Å². The van der Waals surface area contributed by atoms with Gasteiger partial charge in [-0.25, -0.2) is 0 Å². The van der Waals surface area contributed by atoms with Crippen LogP contribution in [-0.2, 0) is 0 Å². The van der Waals surface area contributed by atoms with E-state index in [1.807, 2.05) is 0 Å². The summed E-state index contributed by atoms with van der Waals surface area (Å²) in [6, 6.07) is 7.59. The zero-order valence-corrected chi connectivity index (χ0v) is 13.5. The van der Waals surface area contributed by atoms with Gasteiger partial charge in [0.1, 0.15) is 0 Å². The Hall–Kier alpha value is -0.860. The average molecular weight is 274 g/mol. The molecule has 1 aliphatic rings. The van der Waals surface area contributed by atoms with E-state index in [9.17, 15) is 0 Å². The Balaban J connectivity index is 2.27. The van der Waals surface area contributed by atoms with Crippen LogP contribution < -0.4 is 5.73 Å². The lowest BCUT2D eigenvalue weighted by molar-refractivity contribution is 0.0987. The zero-order valence-electron chi connectivity index (χ0n) is 13.5. The molecule has 2 heteroatoms. The topological polar surface area (TPSA) is 29.3 Å². The molecule has 20 heavy (non-hydrogen) atoms. The minimum atomic E-state index is 0.349. The number of rotatable bonds is 4. The third-order valence-corrected chi connectivity index (χ3v) is 5.18. The summed E-state index contributed by atoms with van der Waals surface area (Å²) < 4.78 is 0. The van der Waals surface area contributed by atoms with Crippen molar-refractivity contribution in [2.24, 2.45) is 11.7 Å². The number of hydrogen-bond donors (Lipinski definition) is 1. The molecule has 0 aliphatic heterocycles. The van der Waals surface area contributed by atoms with E-state index in [0.29, 0.717) is 18.6 Å². The van der Waals surface area contributed by atoms with Crippen molar-refractivity contribution in [2.75, 3.05) is 13.6 Å². The van der Waals surface area contributed by atoms with Crippen LogP contribution in [-0.4, -0.2) is 24.5 Å². The van der Waals surface area contributed by atoms with Crippen molar-refractivity contribution in [1.29, 1.82) is 0 Å². The molecule has 0 heterocycles. The van der Waals surface area contributed by atoms with E-state index in [0.717, 1.165) is 5.92 Å². The van der Waals surface area contributed by atoms with Crippen molar-refractivity contribution in [1.82, 2.24) is 4.90 Å². The Morgan fingerprint density at radius 2 is 1.80 bits per heavy atom. The molecule has 0 amide bonds. The number of nitrogens with zero attached hydrogens (tertiary/aromatic N) is 1. The van der Waals surface area contributed by atoms with E-state index in [-0.39, 0.29) is 0 Å². The maximum atomic E-state index is 6.15. The zero-order chi connectivity index (χ0) is 14.7. The summed E-state index contributed by atoms with van der Waals surface area (Å²) in [6.07, 6.45) is 5.43. The molecule has 0 saturated heterocycles. The smallest absolute Gasteiger partial charge is 0.0475 e. The average Bonchev–Trinajstić information content (AvgIpc) is 2.43. The van der Waals surface area contributed by atoms with Crippen LogP contribution in [0, 0.1) is 19.8 Å². The largest absolute Gasteiger partial charge is 0.329 e. The monoisotopic (exact) mass is 274 g/mol. The summed E-state index contributed by atoms with van der Waals surface area (Å²) in [5.74, 6) is 0.784. The van der Waals surface area contributed by atoms with Crippen LogP contribution in [0.4, 0.5) is 0 Å². The van der Waals surface area contributed by atoms with Crippen molar-refractivity contribution in [2.45, 2.75) is 58.5 Å². The number of aryl methyl sites for hydroxylation is 2. The quantitative estimate of drug-likeness (QED) is 0.904. The van der Waals surface area contributed by atoms with Gasteiger partial charge < -0.3 is 5.73 Å². The molecule has 2 rings (SSSR count). The minimum absolute atomic E-state index is 0.349. The summed E-state index contributed by atoms with van der Waals surface area (Å²) in [4.78, 5) is 2.55. The van der Waals surface area contributed by atoms with Gasteiger partial charge in [-0.05, 0) is 56.3 Å².